The molecule has 5 rings (SSSR count). The Labute approximate surface area is 201 Å². The number of ether oxygens (including phenoxy) is 3. The molecular formula is C27H30N2O5. The summed E-state index contributed by atoms with van der Waals surface area (Å²) in [6.45, 7) is 2.65. The quantitative estimate of drug-likeness (QED) is 0.512. The normalized spacial score (nSPS) is 14.9. The molecule has 0 unspecified atom stereocenters. The number of anilines is 1. The molecule has 7 heteroatoms. The second-order valence-electron chi connectivity index (χ2n) is 8.68. The van der Waals surface area contributed by atoms with E-state index in [0.717, 1.165) is 52.1 Å². The van der Waals surface area contributed by atoms with E-state index in [4.69, 9.17) is 9.47 Å². The average Bonchev–Trinajstić information content (AvgIpc) is 3.54. The van der Waals surface area contributed by atoms with Crippen molar-refractivity contribution in [2.24, 2.45) is 0 Å². The van der Waals surface area contributed by atoms with E-state index in [1.165, 1.54) is 7.11 Å². The van der Waals surface area contributed by atoms with Crippen molar-refractivity contribution in [2.45, 2.75) is 31.7 Å². The van der Waals surface area contributed by atoms with Crippen molar-refractivity contribution >= 4 is 17.7 Å². The first-order valence-electron chi connectivity index (χ1n) is 11.2. The number of amides is 2. The molecule has 3 aromatic rings. The van der Waals surface area contributed by atoms with Gasteiger partial charge in [-0.2, -0.15) is 0 Å². The van der Waals surface area contributed by atoms with Gasteiger partial charge in [0.25, 0.3) is 0 Å². The highest BCUT2D eigenvalue weighted by Gasteiger charge is 2.51. The third-order valence-electron chi connectivity index (χ3n) is 6.49. The number of alkyl carbamates (subject to hydrolysis) is 1. The molecule has 2 amide bonds. The van der Waals surface area contributed by atoms with Crippen LogP contribution in [0.3, 0.4) is 0 Å². The largest absolute Gasteiger partial charge is 0.454 e. The van der Waals surface area contributed by atoms with Gasteiger partial charge < -0.3 is 24.8 Å². The minimum Gasteiger partial charge on any atom is -0.454 e. The molecule has 0 atom stereocenters. The lowest BCUT2D eigenvalue weighted by Crippen LogP contribution is -2.27. The maximum atomic E-state index is 13.3. The molecule has 178 valence electrons. The maximum Gasteiger partial charge on any atom is 0.407 e. The van der Waals surface area contributed by atoms with Crippen molar-refractivity contribution in [1.29, 1.82) is 0 Å². The van der Waals surface area contributed by atoms with Gasteiger partial charge in [-0.25, -0.2) is 4.79 Å². The van der Waals surface area contributed by atoms with Gasteiger partial charge in [0.05, 0.1) is 12.5 Å². The van der Waals surface area contributed by atoms with Crippen LogP contribution in [-0.2, 0) is 21.5 Å². The number of methoxy groups -OCH3 is 1. The van der Waals surface area contributed by atoms with Crippen LogP contribution in [0.1, 0.15) is 32.4 Å². The molecule has 0 spiro atoms. The summed E-state index contributed by atoms with van der Waals surface area (Å²) in [4.78, 5) is 24.6. The van der Waals surface area contributed by atoms with Gasteiger partial charge >= 0.3 is 6.09 Å². The summed E-state index contributed by atoms with van der Waals surface area (Å²) in [5.41, 5.74) is 5.34. The van der Waals surface area contributed by atoms with Gasteiger partial charge in [-0.1, -0.05) is 36.4 Å². The number of carbonyl (C=O) groups is 2. The Morgan fingerprint density at radius 1 is 1.00 bits per heavy atom. The highest BCUT2D eigenvalue weighted by Crippen LogP contribution is 2.51. The molecule has 0 bridgehead atoms. The van der Waals surface area contributed by atoms with E-state index < -0.39 is 11.5 Å². The van der Waals surface area contributed by atoms with E-state index in [1.54, 1.807) is 0 Å². The topological polar surface area (TPSA) is 85.9 Å². The fraction of sp³-hybridized carbons (Fsp3) is 0.259. The molecule has 0 radical (unpaired) electrons. The van der Waals surface area contributed by atoms with E-state index in [0.29, 0.717) is 12.3 Å². The number of aryl methyl sites for hydroxylation is 1. The van der Waals surface area contributed by atoms with Crippen LogP contribution in [0.25, 0.3) is 11.1 Å². The second kappa shape index (κ2) is 8.74. The van der Waals surface area contributed by atoms with Gasteiger partial charge in [0, 0.05) is 15.1 Å². The standard InChI is InChI=1S/C27H26N2O5.2H2/c1-17-3-9-21(14-22(17)19-6-4-18(5-7-19)15-28-26(31)32-2)29-25(30)27(11-12-27)20-8-10-23-24(13-20)34-16-33-23;;/h3-10,13-14H,11-12,15-16H2,1-2H3,(H,28,31)(H,29,30);2*1H. The van der Waals surface area contributed by atoms with Crippen LogP contribution < -0.4 is 20.1 Å². The molecule has 1 aliphatic carbocycles. The fourth-order valence-electron chi connectivity index (χ4n) is 4.28. The molecule has 0 aromatic heterocycles. The molecule has 1 fully saturated rings. The molecule has 34 heavy (non-hydrogen) atoms. The van der Waals surface area contributed by atoms with Gasteiger partial charge in [0.2, 0.25) is 12.7 Å². The van der Waals surface area contributed by atoms with Crippen LogP contribution in [0, 0.1) is 6.92 Å². The van der Waals surface area contributed by atoms with Crippen molar-refractivity contribution < 1.29 is 26.7 Å². The molecule has 1 aliphatic heterocycles. The Morgan fingerprint density at radius 2 is 1.76 bits per heavy atom. The van der Waals surface area contributed by atoms with Crippen LogP contribution in [0.5, 0.6) is 11.5 Å². The van der Waals surface area contributed by atoms with Gasteiger partial charge in [-0.05, 0) is 71.8 Å². The lowest BCUT2D eigenvalue weighted by molar-refractivity contribution is -0.118. The predicted molar refractivity (Wildman–Crippen MR) is 132 cm³/mol. The Hall–Kier alpha value is -4.00. The first kappa shape index (κ1) is 21.8. The first-order chi connectivity index (χ1) is 16.5. The summed E-state index contributed by atoms with van der Waals surface area (Å²) in [6, 6.07) is 19.7. The SMILES string of the molecule is COC(=O)NCc1ccc(-c2cc(NC(=O)C3(c4ccc5c(c4)OCO5)CC3)ccc2C)cc1.[HH].[HH]. The Bertz CT molecular complexity index is 1260. The Kier molecular flexibility index (Phi) is 5.61. The molecular weight excluding hydrogens is 432 g/mol. The molecule has 1 saturated carbocycles. The summed E-state index contributed by atoms with van der Waals surface area (Å²) >= 11 is 0. The van der Waals surface area contributed by atoms with Crippen LogP contribution in [0.15, 0.2) is 60.7 Å². The highest BCUT2D eigenvalue weighted by atomic mass is 16.7. The molecule has 3 aromatic carbocycles. The summed E-state index contributed by atoms with van der Waals surface area (Å²) in [6.07, 6.45) is 1.15. The molecule has 1 heterocycles. The second-order valence-corrected chi connectivity index (χ2v) is 8.68. The molecule has 0 saturated heterocycles. The van der Waals surface area contributed by atoms with E-state index in [1.807, 2.05) is 67.6 Å². The van der Waals surface area contributed by atoms with Crippen LogP contribution in [0.2, 0.25) is 0 Å². The average molecular weight is 463 g/mol. The monoisotopic (exact) mass is 462 g/mol. The summed E-state index contributed by atoms with van der Waals surface area (Å²) in [5.74, 6) is 1.40. The summed E-state index contributed by atoms with van der Waals surface area (Å²) < 4.78 is 15.5. The zero-order chi connectivity index (χ0) is 23.7. The molecule has 2 N–H and O–H groups in total. The van der Waals surface area contributed by atoms with Crippen molar-refractivity contribution in [3.63, 3.8) is 0 Å². The number of fused-ring (bicyclic) bond motifs is 1. The van der Waals surface area contributed by atoms with E-state index in [2.05, 4.69) is 15.4 Å². The minimum atomic E-state index is -0.527. The maximum absolute atomic E-state index is 13.3. The number of rotatable bonds is 6. The van der Waals surface area contributed by atoms with Crippen LogP contribution >= 0.6 is 0 Å². The molecule has 2 aliphatic rings. The third-order valence-corrected chi connectivity index (χ3v) is 6.49. The van der Waals surface area contributed by atoms with E-state index >= 15 is 0 Å². The number of nitrogens with one attached hydrogen (secondary N) is 2. The van der Waals surface area contributed by atoms with Gasteiger partial charge in [0.1, 0.15) is 0 Å². The zero-order valence-electron chi connectivity index (χ0n) is 19.1. The zero-order valence-corrected chi connectivity index (χ0v) is 19.1. The Balaban J connectivity index is 0.00000180. The number of benzene rings is 3. The van der Waals surface area contributed by atoms with Gasteiger partial charge in [-0.3, -0.25) is 4.79 Å². The van der Waals surface area contributed by atoms with Gasteiger partial charge in [0.15, 0.2) is 11.5 Å². The fourth-order valence-corrected chi connectivity index (χ4v) is 4.28. The van der Waals surface area contributed by atoms with Crippen LogP contribution in [0.4, 0.5) is 10.5 Å². The minimum absolute atomic E-state index is 0. The number of hydrogen-bond acceptors (Lipinski definition) is 5. The highest BCUT2D eigenvalue weighted by molar-refractivity contribution is 6.02. The lowest BCUT2D eigenvalue weighted by Gasteiger charge is -2.17. The third kappa shape index (κ3) is 4.17. The van der Waals surface area contributed by atoms with Crippen molar-refractivity contribution in [1.82, 2.24) is 5.32 Å². The van der Waals surface area contributed by atoms with Crippen molar-refractivity contribution in [2.75, 3.05) is 19.2 Å². The lowest BCUT2D eigenvalue weighted by atomic mass is 9.94. The van der Waals surface area contributed by atoms with E-state index in [-0.39, 0.29) is 15.6 Å². The number of carbonyl (C=O) groups excluding carboxylic acids is 2. The number of hydrogen-bond donors (Lipinski definition) is 2. The first-order valence-corrected chi connectivity index (χ1v) is 11.2. The van der Waals surface area contributed by atoms with Crippen molar-refractivity contribution in [3.05, 3.63) is 77.4 Å². The Morgan fingerprint density at radius 3 is 2.50 bits per heavy atom. The van der Waals surface area contributed by atoms with Crippen molar-refractivity contribution in [3.8, 4) is 22.6 Å². The molecule has 7 nitrogen and oxygen atoms in total. The van der Waals surface area contributed by atoms with Gasteiger partial charge in [-0.15, -0.1) is 0 Å². The van der Waals surface area contributed by atoms with Crippen LogP contribution in [-0.4, -0.2) is 25.9 Å². The smallest absolute Gasteiger partial charge is 0.407 e. The summed E-state index contributed by atoms with van der Waals surface area (Å²) in [5, 5.41) is 5.80. The van der Waals surface area contributed by atoms with E-state index in [9.17, 15) is 9.59 Å². The predicted octanol–water partition coefficient (Wildman–Crippen LogP) is 5.41. The summed E-state index contributed by atoms with van der Waals surface area (Å²) in [7, 11) is 1.34.